The molecule has 16 heavy (non-hydrogen) atoms. The summed E-state index contributed by atoms with van der Waals surface area (Å²) in [5, 5.41) is 3.52. The molecule has 2 nitrogen and oxygen atoms in total. The summed E-state index contributed by atoms with van der Waals surface area (Å²) in [5.41, 5.74) is 1.24. The molecule has 0 spiro atoms. The van der Waals surface area contributed by atoms with Crippen molar-refractivity contribution in [2.24, 2.45) is 0 Å². The van der Waals surface area contributed by atoms with Gasteiger partial charge < -0.3 is 5.32 Å². The highest BCUT2D eigenvalue weighted by Crippen LogP contribution is 2.36. The fourth-order valence-electron chi connectivity index (χ4n) is 2.22. The zero-order valence-corrected chi connectivity index (χ0v) is 11.7. The van der Waals surface area contributed by atoms with E-state index in [1.807, 2.05) is 12.3 Å². The highest BCUT2D eigenvalue weighted by Gasteiger charge is 2.33. The van der Waals surface area contributed by atoms with Crippen molar-refractivity contribution >= 4 is 33.3 Å². The molecular formula is C12H16BrClN2. The zero-order valence-electron chi connectivity index (χ0n) is 9.39. The third-order valence-electron chi connectivity index (χ3n) is 3.28. The number of alkyl halides is 1. The minimum atomic E-state index is 0.0465. The van der Waals surface area contributed by atoms with Gasteiger partial charge in [0.15, 0.2) is 0 Å². The van der Waals surface area contributed by atoms with Crippen LogP contribution in [0.2, 0.25) is 0 Å². The van der Waals surface area contributed by atoms with Crippen LogP contribution >= 0.6 is 27.5 Å². The Balaban J connectivity index is 2.22. The Kier molecular flexibility index (Phi) is 3.75. The molecule has 0 unspecified atom stereocenters. The van der Waals surface area contributed by atoms with Gasteiger partial charge in [0, 0.05) is 12.1 Å². The van der Waals surface area contributed by atoms with E-state index >= 15 is 0 Å². The number of aryl methyl sites for hydroxylation is 1. The van der Waals surface area contributed by atoms with Crippen LogP contribution in [0.4, 0.5) is 5.82 Å². The lowest BCUT2D eigenvalue weighted by Crippen LogP contribution is -2.37. The van der Waals surface area contributed by atoms with Gasteiger partial charge in [-0.05, 0) is 47.3 Å². The van der Waals surface area contributed by atoms with Gasteiger partial charge in [-0.2, -0.15) is 0 Å². The minimum Gasteiger partial charge on any atom is -0.362 e. The predicted molar refractivity (Wildman–Crippen MR) is 72.2 cm³/mol. The number of nitrogens with one attached hydrogen (secondary N) is 1. The number of hydrogen-bond donors (Lipinski definition) is 1. The largest absolute Gasteiger partial charge is 0.362 e. The van der Waals surface area contributed by atoms with E-state index in [1.54, 1.807) is 0 Å². The van der Waals surface area contributed by atoms with Crippen LogP contribution in [0.3, 0.4) is 0 Å². The second kappa shape index (κ2) is 4.92. The average molecular weight is 304 g/mol. The van der Waals surface area contributed by atoms with Crippen molar-refractivity contribution in [3.63, 3.8) is 0 Å². The second-order valence-electron chi connectivity index (χ2n) is 4.54. The van der Waals surface area contributed by atoms with Gasteiger partial charge in [0.05, 0.1) is 10.0 Å². The second-order valence-corrected chi connectivity index (χ2v) is 5.60. The van der Waals surface area contributed by atoms with Crippen molar-refractivity contribution in [3.05, 3.63) is 22.3 Å². The molecular weight excluding hydrogens is 288 g/mol. The molecule has 0 saturated heterocycles. The predicted octanol–water partition coefficient (Wildman–Crippen LogP) is 4.12. The fraction of sp³-hybridized carbons (Fsp3) is 0.583. The first-order chi connectivity index (χ1) is 7.67. The summed E-state index contributed by atoms with van der Waals surface area (Å²) in [6.07, 6.45) is 6.61. The molecule has 1 saturated carbocycles. The molecule has 0 amide bonds. The van der Waals surface area contributed by atoms with E-state index < -0.39 is 0 Å². The number of nitrogens with zero attached hydrogens (tertiary/aromatic N) is 1. The van der Waals surface area contributed by atoms with E-state index in [9.17, 15) is 0 Å². The van der Waals surface area contributed by atoms with Crippen molar-refractivity contribution in [1.82, 2.24) is 4.98 Å². The topological polar surface area (TPSA) is 24.9 Å². The molecule has 88 valence electrons. The summed E-state index contributed by atoms with van der Waals surface area (Å²) in [6.45, 7) is 2.07. The molecule has 1 aromatic heterocycles. The highest BCUT2D eigenvalue weighted by molar-refractivity contribution is 9.10. The molecule has 2 rings (SSSR count). The van der Waals surface area contributed by atoms with Gasteiger partial charge in [0.1, 0.15) is 5.82 Å². The Bertz CT molecular complexity index is 375. The van der Waals surface area contributed by atoms with Crippen LogP contribution in [-0.2, 0) is 0 Å². The van der Waals surface area contributed by atoms with Gasteiger partial charge in [-0.25, -0.2) is 4.98 Å². The summed E-state index contributed by atoms with van der Waals surface area (Å²) in [5.74, 6) is 1.57. The van der Waals surface area contributed by atoms with E-state index in [4.69, 9.17) is 11.6 Å². The van der Waals surface area contributed by atoms with Crippen LogP contribution < -0.4 is 5.32 Å². The summed E-state index contributed by atoms with van der Waals surface area (Å²) in [7, 11) is 0. The van der Waals surface area contributed by atoms with Crippen molar-refractivity contribution in [2.45, 2.75) is 38.1 Å². The minimum absolute atomic E-state index is 0.0465. The molecule has 1 aromatic rings. The van der Waals surface area contributed by atoms with Crippen LogP contribution in [0, 0.1) is 6.92 Å². The van der Waals surface area contributed by atoms with Crippen LogP contribution in [0.1, 0.15) is 31.2 Å². The standard InChI is InChI=1S/C12H16BrClN2/c1-9-4-7-15-11(10(9)13)16-12(8-14)5-2-3-6-12/h4,7H,2-3,5-6,8H2,1H3,(H,15,16). The zero-order chi connectivity index (χ0) is 11.6. The van der Waals surface area contributed by atoms with E-state index in [2.05, 4.69) is 33.2 Å². The number of aromatic nitrogens is 1. The molecule has 1 N–H and O–H groups in total. The molecule has 0 bridgehead atoms. The summed E-state index contributed by atoms with van der Waals surface area (Å²) < 4.78 is 1.05. The molecule has 0 aromatic carbocycles. The van der Waals surface area contributed by atoms with Crippen molar-refractivity contribution in [2.75, 3.05) is 11.2 Å². The Hall–Kier alpha value is -0.280. The highest BCUT2D eigenvalue weighted by atomic mass is 79.9. The maximum absolute atomic E-state index is 6.10. The monoisotopic (exact) mass is 302 g/mol. The molecule has 0 atom stereocenters. The maximum atomic E-state index is 6.10. The van der Waals surface area contributed by atoms with Crippen molar-refractivity contribution in [3.8, 4) is 0 Å². The van der Waals surface area contributed by atoms with Gasteiger partial charge in [-0.1, -0.05) is 12.8 Å². The van der Waals surface area contributed by atoms with Crippen LogP contribution in [0.15, 0.2) is 16.7 Å². The first-order valence-corrected chi connectivity index (χ1v) is 6.95. The summed E-state index contributed by atoms with van der Waals surface area (Å²) in [6, 6.07) is 2.00. The molecule has 1 heterocycles. The number of anilines is 1. The lowest BCUT2D eigenvalue weighted by Gasteiger charge is -2.29. The number of rotatable bonds is 3. The normalized spacial score (nSPS) is 18.7. The van der Waals surface area contributed by atoms with E-state index in [0.29, 0.717) is 5.88 Å². The molecule has 1 fully saturated rings. The van der Waals surface area contributed by atoms with Gasteiger partial charge >= 0.3 is 0 Å². The Morgan fingerprint density at radius 2 is 2.19 bits per heavy atom. The SMILES string of the molecule is Cc1ccnc(NC2(CCl)CCCC2)c1Br. The molecule has 1 aliphatic rings. The molecule has 4 heteroatoms. The number of pyridine rings is 1. The molecule has 0 radical (unpaired) electrons. The van der Waals surface area contributed by atoms with Gasteiger partial charge in [-0.3, -0.25) is 0 Å². The van der Waals surface area contributed by atoms with Gasteiger partial charge in [-0.15, -0.1) is 11.6 Å². The smallest absolute Gasteiger partial charge is 0.141 e. The summed E-state index contributed by atoms with van der Waals surface area (Å²) >= 11 is 9.67. The third-order valence-corrected chi connectivity index (χ3v) is 4.79. The Morgan fingerprint density at radius 1 is 1.50 bits per heavy atom. The van der Waals surface area contributed by atoms with E-state index in [0.717, 1.165) is 23.1 Å². The van der Waals surface area contributed by atoms with Crippen molar-refractivity contribution < 1.29 is 0 Å². The Labute approximate surface area is 110 Å². The summed E-state index contributed by atoms with van der Waals surface area (Å²) in [4.78, 5) is 4.38. The number of halogens is 2. The van der Waals surface area contributed by atoms with Crippen LogP contribution in [0.25, 0.3) is 0 Å². The molecule has 0 aliphatic heterocycles. The lowest BCUT2D eigenvalue weighted by atomic mass is 10.0. The quantitative estimate of drug-likeness (QED) is 0.850. The first-order valence-electron chi connectivity index (χ1n) is 5.62. The Morgan fingerprint density at radius 3 is 2.81 bits per heavy atom. The van der Waals surface area contributed by atoms with Crippen LogP contribution in [0.5, 0.6) is 0 Å². The van der Waals surface area contributed by atoms with E-state index in [-0.39, 0.29) is 5.54 Å². The van der Waals surface area contributed by atoms with Gasteiger partial charge in [0.2, 0.25) is 0 Å². The lowest BCUT2D eigenvalue weighted by molar-refractivity contribution is 0.537. The maximum Gasteiger partial charge on any atom is 0.141 e. The fourth-order valence-corrected chi connectivity index (χ4v) is 2.89. The van der Waals surface area contributed by atoms with Gasteiger partial charge in [0.25, 0.3) is 0 Å². The van der Waals surface area contributed by atoms with Crippen molar-refractivity contribution in [1.29, 1.82) is 0 Å². The third kappa shape index (κ3) is 2.35. The van der Waals surface area contributed by atoms with Crippen LogP contribution in [-0.4, -0.2) is 16.4 Å². The first kappa shape index (κ1) is 12.2. The van der Waals surface area contributed by atoms with E-state index in [1.165, 1.54) is 18.4 Å². The average Bonchev–Trinajstić information content (AvgIpc) is 2.74. The number of hydrogen-bond acceptors (Lipinski definition) is 2. The molecule has 1 aliphatic carbocycles.